The average molecular weight is 337 g/mol. The molecule has 2 rings (SSSR count). The van der Waals surface area contributed by atoms with Gasteiger partial charge in [0.05, 0.1) is 26.9 Å². The molecular weight excluding hydrogens is 314 g/mol. The summed E-state index contributed by atoms with van der Waals surface area (Å²) in [5, 5.41) is 11.7. The van der Waals surface area contributed by atoms with Crippen molar-refractivity contribution in [3.63, 3.8) is 0 Å². The molecular formula is C16H23N3O5. The van der Waals surface area contributed by atoms with E-state index in [2.05, 4.69) is 5.32 Å². The molecule has 1 aromatic carbocycles. The zero-order valence-electron chi connectivity index (χ0n) is 14.1. The molecule has 3 amide bonds. The molecule has 0 bridgehead atoms. The molecule has 1 heterocycles. The van der Waals surface area contributed by atoms with Gasteiger partial charge in [0.15, 0.2) is 11.5 Å². The second kappa shape index (κ2) is 7.87. The fraction of sp³-hybridized carbons (Fsp3) is 0.500. The normalized spacial score (nSPS) is 16.9. The molecule has 0 unspecified atom stereocenters. The maximum absolute atomic E-state index is 12.3. The quantitative estimate of drug-likeness (QED) is 0.786. The van der Waals surface area contributed by atoms with Crippen molar-refractivity contribution < 1.29 is 24.2 Å². The zero-order valence-corrected chi connectivity index (χ0v) is 14.1. The number of amides is 3. The highest BCUT2D eigenvalue weighted by Crippen LogP contribution is 2.33. The first kappa shape index (κ1) is 17.9. The Bertz CT molecular complexity index is 607. The molecule has 2 N–H and O–H groups in total. The van der Waals surface area contributed by atoms with Gasteiger partial charge < -0.3 is 29.7 Å². The molecule has 8 heteroatoms. The number of ether oxygens (including phenoxy) is 2. The molecule has 1 aliphatic rings. The summed E-state index contributed by atoms with van der Waals surface area (Å²) in [6.45, 7) is 0.518. The second-order valence-electron chi connectivity index (χ2n) is 5.54. The van der Waals surface area contributed by atoms with Crippen LogP contribution < -0.4 is 19.7 Å². The van der Waals surface area contributed by atoms with Gasteiger partial charge >= 0.3 is 6.03 Å². The number of hydrogen-bond donors (Lipinski definition) is 2. The van der Waals surface area contributed by atoms with E-state index < -0.39 is 0 Å². The van der Waals surface area contributed by atoms with Crippen LogP contribution in [0.2, 0.25) is 0 Å². The summed E-state index contributed by atoms with van der Waals surface area (Å²) in [7, 11) is 4.68. The third kappa shape index (κ3) is 3.88. The largest absolute Gasteiger partial charge is 0.493 e. The second-order valence-corrected chi connectivity index (χ2v) is 5.54. The topological polar surface area (TPSA) is 91.3 Å². The van der Waals surface area contributed by atoms with E-state index in [4.69, 9.17) is 14.6 Å². The van der Waals surface area contributed by atoms with Crippen LogP contribution in [0.5, 0.6) is 11.5 Å². The summed E-state index contributed by atoms with van der Waals surface area (Å²) >= 11 is 0. The number of hydrogen-bond acceptors (Lipinski definition) is 5. The number of aliphatic hydroxyl groups excluding tert-OH is 1. The standard InChI is InChI=1S/C16H23N3O5/c1-18(6-7-20)16(22)17-11-8-15(21)19(10-11)12-4-5-13(23-2)14(9-12)24-3/h4-5,9,11,20H,6-8,10H2,1-3H3,(H,17,22)/t11-/m0/s1. The third-order valence-electron chi connectivity index (χ3n) is 3.91. The van der Waals surface area contributed by atoms with Crippen LogP contribution in [0.15, 0.2) is 18.2 Å². The van der Waals surface area contributed by atoms with Gasteiger partial charge in [-0.1, -0.05) is 0 Å². The van der Waals surface area contributed by atoms with Gasteiger partial charge in [0.1, 0.15) is 0 Å². The third-order valence-corrected chi connectivity index (χ3v) is 3.91. The Kier molecular flexibility index (Phi) is 5.86. The van der Waals surface area contributed by atoms with Gasteiger partial charge in [-0.25, -0.2) is 4.79 Å². The highest BCUT2D eigenvalue weighted by Gasteiger charge is 2.32. The van der Waals surface area contributed by atoms with Gasteiger partial charge in [-0.05, 0) is 12.1 Å². The SMILES string of the molecule is COc1ccc(N2C[C@@H](NC(=O)N(C)CCO)CC2=O)cc1OC. The summed E-state index contributed by atoms with van der Waals surface area (Å²) in [5.74, 6) is 1.05. The van der Waals surface area contributed by atoms with Crippen molar-refractivity contribution in [1.82, 2.24) is 10.2 Å². The first-order valence-electron chi connectivity index (χ1n) is 7.65. The van der Waals surface area contributed by atoms with Crippen molar-refractivity contribution in [2.45, 2.75) is 12.5 Å². The molecule has 0 radical (unpaired) electrons. The van der Waals surface area contributed by atoms with Crippen LogP contribution in [0, 0.1) is 0 Å². The summed E-state index contributed by atoms with van der Waals surface area (Å²) in [6.07, 6.45) is 0.229. The first-order valence-corrected chi connectivity index (χ1v) is 7.65. The van der Waals surface area contributed by atoms with E-state index in [1.165, 1.54) is 12.0 Å². The van der Waals surface area contributed by atoms with E-state index in [-0.39, 0.29) is 37.6 Å². The average Bonchev–Trinajstić information content (AvgIpc) is 2.94. The van der Waals surface area contributed by atoms with Gasteiger partial charge in [0.25, 0.3) is 0 Å². The van der Waals surface area contributed by atoms with Crippen LogP contribution in [0.1, 0.15) is 6.42 Å². The number of anilines is 1. The van der Waals surface area contributed by atoms with Crippen LogP contribution in [0.3, 0.4) is 0 Å². The zero-order chi connectivity index (χ0) is 17.7. The summed E-state index contributed by atoms with van der Waals surface area (Å²) < 4.78 is 10.5. The molecule has 24 heavy (non-hydrogen) atoms. The smallest absolute Gasteiger partial charge is 0.317 e. The van der Waals surface area contributed by atoms with Crippen LogP contribution in [-0.4, -0.2) is 69.0 Å². The van der Waals surface area contributed by atoms with Crippen molar-refractivity contribution >= 4 is 17.6 Å². The molecule has 1 saturated heterocycles. The minimum absolute atomic E-state index is 0.0719. The van der Waals surface area contributed by atoms with Gasteiger partial charge in [-0.2, -0.15) is 0 Å². The number of rotatable bonds is 6. The van der Waals surface area contributed by atoms with Crippen LogP contribution >= 0.6 is 0 Å². The predicted molar refractivity (Wildman–Crippen MR) is 88.6 cm³/mol. The molecule has 1 aliphatic heterocycles. The Balaban J connectivity index is 2.06. The van der Waals surface area contributed by atoms with Crippen molar-refractivity contribution in [2.75, 3.05) is 45.9 Å². The van der Waals surface area contributed by atoms with E-state index in [0.717, 1.165) is 0 Å². The number of urea groups is 1. The lowest BCUT2D eigenvalue weighted by molar-refractivity contribution is -0.117. The molecule has 0 spiro atoms. The Labute approximate surface area is 140 Å². The maximum atomic E-state index is 12.3. The summed E-state index contributed by atoms with van der Waals surface area (Å²) in [5.41, 5.74) is 0.693. The fourth-order valence-electron chi connectivity index (χ4n) is 2.58. The van der Waals surface area contributed by atoms with E-state index >= 15 is 0 Å². The number of benzene rings is 1. The van der Waals surface area contributed by atoms with Gasteiger partial charge in [-0.15, -0.1) is 0 Å². The van der Waals surface area contributed by atoms with Crippen LogP contribution in [-0.2, 0) is 4.79 Å². The molecule has 8 nitrogen and oxygen atoms in total. The first-order chi connectivity index (χ1) is 11.5. The number of carbonyl (C=O) groups is 2. The molecule has 1 fully saturated rings. The lowest BCUT2D eigenvalue weighted by Gasteiger charge is -2.21. The van der Waals surface area contributed by atoms with Crippen LogP contribution in [0.4, 0.5) is 10.5 Å². The molecule has 0 aromatic heterocycles. The van der Waals surface area contributed by atoms with Gasteiger partial charge in [-0.3, -0.25) is 4.79 Å². The monoisotopic (exact) mass is 337 g/mol. The fourth-order valence-corrected chi connectivity index (χ4v) is 2.58. The summed E-state index contributed by atoms with van der Waals surface area (Å²) in [6, 6.07) is 4.66. The lowest BCUT2D eigenvalue weighted by atomic mass is 10.2. The molecule has 0 aliphatic carbocycles. The van der Waals surface area contributed by atoms with Crippen molar-refractivity contribution in [3.05, 3.63) is 18.2 Å². The highest BCUT2D eigenvalue weighted by atomic mass is 16.5. The highest BCUT2D eigenvalue weighted by molar-refractivity contribution is 5.97. The Hall–Kier alpha value is -2.48. The van der Waals surface area contributed by atoms with E-state index in [1.54, 1.807) is 37.3 Å². The molecule has 132 valence electrons. The van der Waals surface area contributed by atoms with Crippen LogP contribution in [0.25, 0.3) is 0 Å². The lowest BCUT2D eigenvalue weighted by Crippen LogP contribution is -2.45. The predicted octanol–water partition coefficient (Wildman–Crippen LogP) is 0.443. The van der Waals surface area contributed by atoms with Gasteiger partial charge in [0, 0.05) is 38.3 Å². The number of aliphatic hydroxyl groups is 1. The summed E-state index contributed by atoms with van der Waals surface area (Å²) in [4.78, 5) is 27.2. The minimum atomic E-state index is -0.309. The number of nitrogens with one attached hydrogen (secondary N) is 1. The Morgan fingerprint density at radius 2 is 2.08 bits per heavy atom. The van der Waals surface area contributed by atoms with E-state index in [0.29, 0.717) is 23.7 Å². The Morgan fingerprint density at radius 1 is 1.38 bits per heavy atom. The van der Waals surface area contributed by atoms with Gasteiger partial charge in [0.2, 0.25) is 5.91 Å². The number of likely N-dealkylation sites (N-methyl/N-ethyl adjacent to an activating group) is 1. The van der Waals surface area contributed by atoms with Crippen molar-refractivity contribution in [3.8, 4) is 11.5 Å². The Morgan fingerprint density at radius 3 is 2.71 bits per heavy atom. The minimum Gasteiger partial charge on any atom is -0.493 e. The maximum Gasteiger partial charge on any atom is 0.317 e. The van der Waals surface area contributed by atoms with E-state index in [9.17, 15) is 9.59 Å². The number of nitrogens with zero attached hydrogens (tertiary/aromatic N) is 2. The van der Waals surface area contributed by atoms with Crippen molar-refractivity contribution in [2.24, 2.45) is 0 Å². The molecule has 0 saturated carbocycles. The van der Waals surface area contributed by atoms with E-state index in [1.807, 2.05) is 0 Å². The number of methoxy groups -OCH3 is 2. The number of carbonyl (C=O) groups excluding carboxylic acids is 2. The molecule has 1 aromatic rings. The van der Waals surface area contributed by atoms with Crippen molar-refractivity contribution in [1.29, 1.82) is 0 Å². The molecule has 1 atom stereocenters.